The molecular formula is C20H16Cl2F3NO2. The Morgan fingerprint density at radius 2 is 1.64 bits per heavy atom. The maximum Gasteiger partial charge on any atom is 0.417 e. The lowest BCUT2D eigenvalue weighted by atomic mass is 9.98. The molecule has 8 heteroatoms. The summed E-state index contributed by atoms with van der Waals surface area (Å²) in [6.07, 6.45) is -4.29. The van der Waals surface area contributed by atoms with Crippen LogP contribution in [0, 0.1) is 6.92 Å². The summed E-state index contributed by atoms with van der Waals surface area (Å²) < 4.78 is 40.6. The minimum Gasteiger partial charge on any atom is -0.352 e. The van der Waals surface area contributed by atoms with Crippen LogP contribution in [0.2, 0.25) is 10.0 Å². The standard InChI is InChI=1S/C20H16Cl2F3NO2/c1-3-26-19(28)16-5-4-12(6-11(16)2)18(27)10-17(20(23,24)25)13-7-14(21)9-15(22)8-13/h4-10H,3H2,1-2H3,(H,26,28)/b17-10-. The monoisotopic (exact) mass is 429 g/mol. The molecule has 2 rings (SSSR count). The van der Waals surface area contributed by atoms with Gasteiger partial charge in [-0.25, -0.2) is 0 Å². The van der Waals surface area contributed by atoms with Gasteiger partial charge in [-0.2, -0.15) is 13.2 Å². The normalized spacial score (nSPS) is 12.0. The molecular weight excluding hydrogens is 414 g/mol. The van der Waals surface area contributed by atoms with E-state index < -0.39 is 17.5 Å². The first-order valence-corrected chi connectivity index (χ1v) is 8.97. The van der Waals surface area contributed by atoms with E-state index in [9.17, 15) is 22.8 Å². The average molecular weight is 430 g/mol. The number of ketones is 1. The fraction of sp³-hybridized carbons (Fsp3) is 0.200. The van der Waals surface area contributed by atoms with Gasteiger partial charge in [0.25, 0.3) is 5.91 Å². The van der Waals surface area contributed by atoms with E-state index in [4.69, 9.17) is 23.2 Å². The van der Waals surface area contributed by atoms with E-state index in [0.717, 1.165) is 12.1 Å². The first kappa shape index (κ1) is 22.0. The molecule has 0 atom stereocenters. The summed E-state index contributed by atoms with van der Waals surface area (Å²) in [7, 11) is 0. The van der Waals surface area contributed by atoms with Crippen molar-refractivity contribution in [1.82, 2.24) is 5.32 Å². The van der Waals surface area contributed by atoms with Gasteiger partial charge in [-0.05, 0) is 61.4 Å². The third kappa shape index (κ3) is 5.36. The quantitative estimate of drug-likeness (QED) is 0.476. The van der Waals surface area contributed by atoms with E-state index in [2.05, 4.69) is 5.32 Å². The third-order valence-electron chi connectivity index (χ3n) is 3.85. The summed E-state index contributed by atoms with van der Waals surface area (Å²) in [5.41, 5.74) is -0.619. The minimum atomic E-state index is -4.79. The number of allylic oxidation sites excluding steroid dienone is 2. The summed E-state index contributed by atoms with van der Waals surface area (Å²) in [5, 5.41) is 2.67. The lowest BCUT2D eigenvalue weighted by Crippen LogP contribution is -2.23. The molecule has 0 saturated carbocycles. The molecule has 148 valence electrons. The van der Waals surface area contributed by atoms with Crippen LogP contribution in [0.4, 0.5) is 13.2 Å². The highest BCUT2D eigenvalue weighted by atomic mass is 35.5. The van der Waals surface area contributed by atoms with Gasteiger partial charge >= 0.3 is 6.18 Å². The van der Waals surface area contributed by atoms with Crippen LogP contribution in [-0.2, 0) is 0 Å². The maximum absolute atomic E-state index is 13.5. The Balaban J connectivity index is 2.46. The topological polar surface area (TPSA) is 46.2 Å². The second-order valence-electron chi connectivity index (χ2n) is 5.97. The highest BCUT2D eigenvalue weighted by molar-refractivity contribution is 6.35. The number of rotatable bonds is 5. The summed E-state index contributed by atoms with van der Waals surface area (Å²) in [6, 6.07) is 7.57. The van der Waals surface area contributed by atoms with Crippen molar-refractivity contribution >= 4 is 40.5 Å². The van der Waals surface area contributed by atoms with Crippen molar-refractivity contribution in [2.75, 3.05) is 6.54 Å². The second-order valence-corrected chi connectivity index (χ2v) is 6.84. The molecule has 0 aromatic heterocycles. The fourth-order valence-corrected chi connectivity index (χ4v) is 3.11. The van der Waals surface area contributed by atoms with Crippen molar-refractivity contribution in [1.29, 1.82) is 0 Å². The molecule has 28 heavy (non-hydrogen) atoms. The third-order valence-corrected chi connectivity index (χ3v) is 4.28. The summed E-state index contributed by atoms with van der Waals surface area (Å²) in [4.78, 5) is 24.4. The van der Waals surface area contributed by atoms with Gasteiger partial charge in [0, 0.05) is 27.7 Å². The number of alkyl halides is 3. The van der Waals surface area contributed by atoms with Crippen LogP contribution in [0.25, 0.3) is 5.57 Å². The molecule has 0 aliphatic carbocycles. The number of aryl methyl sites for hydroxylation is 1. The predicted molar refractivity (Wildman–Crippen MR) is 104 cm³/mol. The van der Waals surface area contributed by atoms with Gasteiger partial charge in [0.1, 0.15) is 0 Å². The highest BCUT2D eigenvalue weighted by Crippen LogP contribution is 2.36. The molecule has 2 aromatic carbocycles. The maximum atomic E-state index is 13.5. The largest absolute Gasteiger partial charge is 0.417 e. The van der Waals surface area contributed by atoms with Gasteiger partial charge in [0.2, 0.25) is 0 Å². The summed E-state index contributed by atoms with van der Waals surface area (Å²) in [6.45, 7) is 3.79. The Kier molecular flexibility index (Phi) is 6.91. The van der Waals surface area contributed by atoms with Gasteiger partial charge in [-0.3, -0.25) is 9.59 Å². The molecule has 0 fully saturated rings. The number of carbonyl (C=O) groups is 2. The number of amides is 1. The molecule has 2 aromatic rings. The Labute approximate surface area is 170 Å². The van der Waals surface area contributed by atoms with Crippen LogP contribution in [0.5, 0.6) is 0 Å². The molecule has 3 nitrogen and oxygen atoms in total. The molecule has 0 unspecified atom stereocenters. The van der Waals surface area contributed by atoms with Crippen LogP contribution in [0.1, 0.15) is 38.8 Å². The molecule has 0 saturated heterocycles. The van der Waals surface area contributed by atoms with E-state index in [-0.39, 0.29) is 27.1 Å². The Hall–Kier alpha value is -2.31. The van der Waals surface area contributed by atoms with Gasteiger partial charge in [-0.15, -0.1) is 0 Å². The van der Waals surface area contributed by atoms with Crippen molar-refractivity contribution in [3.63, 3.8) is 0 Å². The van der Waals surface area contributed by atoms with E-state index in [0.29, 0.717) is 23.7 Å². The number of carbonyl (C=O) groups excluding carboxylic acids is 2. The van der Waals surface area contributed by atoms with Crippen LogP contribution >= 0.6 is 23.2 Å². The van der Waals surface area contributed by atoms with Gasteiger partial charge < -0.3 is 5.32 Å². The number of hydrogen-bond acceptors (Lipinski definition) is 2. The first-order chi connectivity index (χ1) is 13.0. The Morgan fingerprint density at radius 1 is 1.04 bits per heavy atom. The van der Waals surface area contributed by atoms with Crippen molar-refractivity contribution in [2.24, 2.45) is 0 Å². The van der Waals surface area contributed by atoms with Crippen molar-refractivity contribution in [3.8, 4) is 0 Å². The van der Waals surface area contributed by atoms with Crippen LogP contribution < -0.4 is 5.32 Å². The van der Waals surface area contributed by atoms with Crippen molar-refractivity contribution in [2.45, 2.75) is 20.0 Å². The number of benzene rings is 2. The number of hydrogen-bond donors (Lipinski definition) is 1. The van der Waals surface area contributed by atoms with Crippen LogP contribution in [0.15, 0.2) is 42.5 Å². The molecule has 0 bridgehead atoms. The molecule has 1 N–H and O–H groups in total. The van der Waals surface area contributed by atoms with E-state index in [1.54, 1.807) is 13.8 Å². The zero-order valence-electron chi connectivity index (χ0n) is 15.0. The zero-order valence-corrected chi connectivity index (χ0v) is 16.5. The minimum absolute atomic E-state index is 0.0206. The molecule has 1 amide bonds. The van der Waals surface area contributed by atoms with Gasteiger partial charge in [-0.1, -0.05) is 29.3 Å². The lowest BCUT2D eigenvalue weighted by Gasteiger charge is -2.13. The Bertz CT molecular complexity index is 933. The molecule has 0 aliphatic heterocycles. The average Bonchev–Trinajstić information content (AvgIpc) is 2.57. The molecule has 0 aliphatic rings. The number of halogens is 5. The SMILES string of the molecule is CCNC(=O)c1ccc(C(=O)/C=C(/c2cc(Cl)cc(Cl)c2)C(F)(F)F)cc1C. The van der Waals surface area contributed by atoms with E-state index in [1.807, 2.05) is 0 Å². The van der Waals surface area contributed by atoms with Gasteiger partial charge in [0.05, 0.1) is 5.57 Å². The Morgan fingerprint density at radius 3 is 2.14 bits per heavy atom. The smallest absolute Gasteiger partial charge is 0.352 e. The molecule has 0 radical (unpaired) electrons. The van der Waals surface area contributed by atoms with Crippen molar-refractivity contribution in [3.05, 3.63) is 74.8 Å². The zero-order chi connectivity index (χ0) is 21.1. The van der Waals surface area contributed by atoms with E-state index in [1.165, 1.54) is 24.3 Å². The highest BCUT2D eigenvalue weighted by Gasteiger charge is 2.35. The molecule has 0 spiro atoms. The first-order valence-electron chi connectivity index (χ1n) is 8.21. The van der Waals surface area contributed by atoms with Crippen molar-refractivity contribution < 1.29 is 22.8 Å². The predicted octanol–water partition coefficient (Wildman–Crippen LogP) is 5.88. The summed E-state index contributed by atoms with van der Waals surface area (Å²) in [5.74, 6) is -1.17. The second kappa shape index (κ2) is 8.80. The number of nitrogens with one attached hydrogen (secondary N) is 1. The van der Waals surface area contributed by atoms with Crippen LogP contribution in [0.3, 0.4) is 0 Å². The van der Waals surface area contributed by atoms with E-state index >= 15 is 0 Å². The summed E-state index contributed by atoms with van der Waals surface area (Å²) >= 11 is 11.6. The van der Waals surface area contributed by atoms with Gasteiger partial charge in [0.15, 0.2) is 5.78 Å². The lowest BCUT2D eigenvalue weighted by molar-refractivity contribution is -0.0689. The van der Waals surface area contributed by atoms with Crippen LogP contribution in [-0.4, -0.2) is 24.4 Å². The fourth-order valence-electron chi connectivity index (χ4n) is 2.58. The molecule has 0 heterocycles.